The van der Waals surface area contributed by atoms with Crippen LogP contribution in [0.1, 0.15) is 92.7 Å². The van der Waals surface area contributed by atoms with Gasteiger partial charge in [-0.05, 0) is 93.3 Å². The van der Waals surface area contributed by atoms with Crippen LogP contribution in [-0.2, 0) is 17.6 Å². The first-order valence-electron chi connectivity index (χ1n) is 16.2. The van der Waals surface area contributed by atoms with Crippen molar-refractivity contribution in [2.45, 2.75) is 84.7 Å². The van der Waals surface area contributed by atoms with Crippen LogP contribution >= 0.6 is 11.3 Å². The molecule has 2 heterocycles. The third kappa shape index (κ3) is 9.21. The Morgan fingerprint density at radius 3 is 1.85 bits per heavy atom. The van der Waals surface area contributed by atoms with Crippen molar-refractivity contribution in [3.8, 4) is 18.2 Å². The molecule has 1 aromatic heterocycles. The first-order chi connectivity index (χ1) is 22.3. The molecule has 0 bridgehead atoms. The molecular formula is C38H46N4O3S. The summed E-state index contributed by atoms with van der Waals surface area (Å²) in [5.74, 6) is 0.0535. The van der Waals surface area contributed by atoms with Gasteiger partial charge < -0.3 is 19.8 Å². The molecule has 0 radical (unpaired) electrons. The van der Waals surface area contributed by atoms with E-state index < -0.39 is 5.60 Å². The molecule has 0 unspecified atom stereocenters. The number of anilines is 1. The molecule has 0 spiro atoms. The molecule has 0 saturated heterocycles. The Hall–Kier alpha value is -4.13. The Morgan fingerprint density at radius 2 is 1.37 bits per heavy atom. The fraction of sp³-hybridized carbons (Fsp3) is 0.447. The normalized spacial score (nSPS) is 14.0. The molecule has 2 N–H and O–H groups in total. The van der Waals surface area contributed by atoms with Gasteiger partial charge in [0.05, 0.1) is 0 Å². The van der Waals surface area contributed by atoms with Crippen molar-refractivity contribution in [2.24, 2.45) is 0 Å². The number of allylic oxidation sites excluding steroid dienone is 2. The van der Waals surface area contributed by atoms with E-state index in [4.69, 9.17) is 4.74 Å². The zero-order chi connectivity index (χ0) is 33.5. The zero-order valence-electron chi connectivity index (χ0n) is 27.6. The topological polar surface area (TPSA) is 124 Å². The van der Waals surface area contributed by atoms with E-state index in [1.54, 1.807) is 11.3 Å². The van der Waals surface area contributed by atoms with Gasteiger partial charge in [0, 0.05) is 47.3 Å². The molecule has 8 heteroatoms. The maximum absolute atomic E-state index is 9.99. The van der Waals surface area contributed by atoms with Crippen LogP contribution in [0.5, 0.6) is 0 Å². The van der Waals surface area contributed by atoms with Crippen LogP contribution in [0.3, 0.4) is 0 Å². The standard InChI is InChI=1S/C38H46N4O3S/c1-5-7-11-31-32(12-8-6-2)36(20-18-34-33(27-41)37(29(25-39)26-40)45-38(34,3)4)46-35(31)19-15-28-13-16-30(17-14-28)42(21-9-23-43)22-10-24-44/h13-20,43-44H,5-12,21-24H2,1-4H3/b19-15+,20-18+. The summed E-state index contributed by atoms with van der Waals surface area (Å²) in [5, 5.41) is 47.5. The molecule has 242 valence electrons. The highest BCUT2D eigenvalue weighted by Crippen LogP contribution is 2.41. The van der Waals surface area contributed by atoms with Crippen molar-refractivity contribution in [1.82, 2.24) is 0 Å². The van der Waals surface area contributed by atoms with E-state index in [0.717, 1.165) is 67.7 Å². The molecule has 0 amide bonds. The van der Waals surface area contributed by atoms with Gasteiger partial charge in [0.25, 0.3) is 0 Å². The van der Waals surface area contributed by atoms with Crippen LogP contribution in [0.4, 0.5) is 5.69 Å². The smallest absolute Gasteiger partial charge is 0.172 e. The van der Waals surface area contributed by atoms with E-state index in [-0.39, 0.29) is 30.1 Å². The molecule has 7 nitrogen and oxygen atoms in total. The number of ether oxygens (including phenoxy) is 1. The summed E-state index contributed by atoms with van der Waals surface area (Å²) >= 11 is 1.75. The number of benzene rings is 1. The van der Waals surface area contributed by atoms with Crippen LogP contribution in [0.15, 0.2) is 52.8 Å². The summed E-state index contributed by atoms with van der Waals surface area (Å²) in [7, 11) is 0. The second-order valence-corrected chi connectivity index (χ2v) is 12.9. The van der Waals surface area contributed by atoms with Crippen molar-refractivity contribution < 1.29 is 14.9 Å². The lowest BCUT2D eigenvalue weighted by atomic mass is 9.93. The van der Waals surface area contributed by atoms with Crippen LogP contribution in [0, 0.1) is 34.0 Å². The van der Waals surface area contributed by atoms with Crippen molar-refractivity contribution in [1.29, 1.82) is 15.8 Å². The highest BCUT2D eigenvalue weighted by atomic mass is 32.1. The van der Waals surface area contributed by atoms with Gasteiger partial charge in [0.2, 0.25) is 0 Å². The van der Waals surface area contributed by atoms with Crippen LogP contribution in [0.2, 0.25) is 0 Å². The number of nitriles is 3. The van der Waals surface area contributed by atoms with Crippen molar-refractivity contribution in [2.75, 3.05) is 31.2 Å². The summed E-state index contributed by atoms with van der Waals surface area (Å²) in [4.78, 5) is 4.57. The highest BCUT2D eigenvalue weighted by molar-refractivity contribution is 7.14. The number of hydrogen-bond donors (Lipinski definition) is 2. The molecule has 0 aliphatic carbocycles. The zero-order valence-corrected chi connectivity index (χ0v) is 28.4. The summed E-state index contributed by atoms with van der Waals surface area (Å²) in [5.41, 5.74) is 4.72. The minimum atomic E-state index is -0.859. The fourth-order valence-corrected chi connectivity index (χ4v) is 6.77. The highest BCUT2D eigenvalue weighted by Gasteiger charge is 2.38. The fourth-order valence-electron chi connectivity index (χ4n) is 5.57. The molecule has 0 atom stereocenters. The van der Waals surface area contributed by atoms with Gasteiger partial charge in [-0.1, -0.05) is 51.0 Å². The second-order valence-electron chi connectivity index (χ2n) is 11.8. The van der Waals surface area contributed by atoms with E-state index in [0.29, 0.717) is 18.4 Å². The van der Waals surface area contributed by atoms with E-state index in [1.165, 1.54) is 16.0 Å². The predicted octanol–water partition coefficient (Wildman–Crippen LogP) is 8.12. The van der Waals surface area contributed by atoms with Gasteiger partial charge in [-0.15, -0.1) is 11.3 Å². The maximum Gasteiger partial charge on any atom is 0.172 e. The van der Waals surface area contributed by atoms with Gasteiger partial charge in [-0.2, -0.15) is 15.8 Å². The van der Waals surface area contributed by atoms with Gasteiger partial charge in [-0.3, -0.25) is 0 Å². The lowest BCUT2D eigenvalue weighted by Crippen LogP contribution is -2.26. The molecule has 46 heavy (non-hydrogen) atoms. The number of hydrogen-bond acceptors (Lipinski definition) is 8. The first kappa shape index (κ1) is 36.3. The third-order valence-corrected chi connectivity index (χ3v) is 9.27. The van der Waals surface area contributed by atoms with E-state index in [1.807, 2.05) is 32.1 Å². The SMILES string of the molecule is CCCCc1c(/C=C/C2=C(C#N)C(=C(C#N)C#N)OC2(C)C)sc(/C=C/c2ccc(N(CCCO)CCCO)cc2)c1CCCC. The second kappa shape index (κ2) is 18.1. The summed E-state index contributed by atoms with van der Waals surface area (Å²) < 4.78 is 5.98. The minimum Gasteiger partial charge on any atom is -0.480 e. The molecule has 1 aliphatic heterocycles. The number of unbranched alkanes of at least 4 members (excludes halogenated alkanes) is 2. The number of nitrogens with zero attached hydrogens (tertiary/aromatic N) is 4. The van der Waals surface area contributed by atoms with Crippen molar-refractivity contribution in [3.05, 3.63) is 79.3 Å². The summed E-state index contributed by atoms with van der Waals surface area (Å²) in [6.45, 7) is 9.86. The summed E-state index contributed by atoms with van der Waals surface area (Å²) in [6, 6.07) is 14.3. The van der Waals surface area contributed by atoms with Gasteiger partial charge in [0.15, 0.2) is 11.3 Å². The maximum atomic E-state index is 9.99. The molecule has 0 saturated carbocycles. The lowest BCUT2D eigenvalue weighted by Gasteiger charge is -2.24. The van der Waals surface area contributed by atoms with Crippen LogP contribution in [0.25, 0.3) is 18.2 Å². The molecule has 3 rings (SSSR count). The lowest BCUT2D eigenvalue weighted by molar-refractivity contribution is 0.0954. The van der Waals surface area contributed by atoms with Crippen molar-refractivity contribution >= 4 is 35.3 Å². The van der Waals surface area contributed by atoms with E-state index in [2.05, 4.69) is 67.3 Å². The molecule has 2 aromatic rings. The van der Waals surface area contributed by atoms with Crippen LogP contribution < -0.4 is 4.90 Å². The third-order valence-electron chi connectivity index (χ3n) is 8.06. The Morgan fingerprint density at radius 1 is 0.826 bits per heavy atom. The average molecular weight is 639 g/mol. The monoisotopic (exact) mass is 638 g/mol. The Bertz CT molecular complexity index is 1550. The predicted molar refractivity (Wildman–Crippen MR) is 188 cm³/mol. The molecule has 1 aromatic carbocycles. The summed E-state index contributed by atoms with van der Waals surface area (Å²) in [6.07, 6.45) is 16.0. The Labute approximate surface area is 278 Å². The van der Waals surface area contributed by atoms with Gasteiger partial charge in [-0.25, -0.2) is 0 Å². The van der Waals surface area contributed by atoms with Gasteiger partial charge in [0.1, 0.15) is 29.4 Å². The molecule has 1 aliphatic rings. The number of thiophene rings is 1. The molecule has 0 fully saturated rings. The number of rotatable bonds is 17. The van der Waals surface area contributed by atoms with Crippen LogP contribution in [-0.4, -0.2) is 42.1 Å². The average Bonchev–Trinajstić information content (AvgIpc) is 3.52. The number of aliphatic hydroxyl groups excluding tert-OH is 2. The van der Waals surface area contributed by atoms with E-state index >= 15 is 0 Å². The Kier molecular flexibility index (Phi) is 14.3. The van der Waals surface area contributed by atoms with Crippen molar-refractivity contribution in [3.63, 3.8) is 0 Å². The minimum absolute atomic E-state index is 0.0535. The van der Waals surface area contributed by atoms with Gasteiger partial charge >= 0.3 is 0 Å². The van der Waals surface area contributed by atoms with E-state index in [9.17, 15) is 26.0 Å². The quantitative estimate of drug-likeness (QED) is 0.168. The Balaban J connectivity index is 2.03. The molecular weight excluding hydrogens is 593 g/mol. The first-order valence-corrected chi connectivity index (χ1v) is 17.1. The largest absolute Gasteiger partial charge is 0.480 e. The number of aliphatic hydroxyl groups is 2.